The second-order valence-corrected chi connectivity index (χ2v) is 5.42. The molecule has 0 radical (unpaired) electrons. The van der Waals surface area contributed by atoms with Crippen LogP contribution in [0.25, 0.3) is 0 Å². The lowest BCUT2D eigenvalue weighted by atomic mass is 10.2. The summed E-state index contributed by atoms with van der Waals surface area (Å²) in [5, 5.41) is 7.55. The maximum Gasteiger partial charge on any atom is 0.213 e. The second kappa shape index (κ2) is 10.6. The highest BCUT2D eigenvalue weighted by Gasteiger charge is 2.03. The first-order valence-electron chi connectivity index (χ1n) is 8.37. The third kappa shape index (κ3) is 6.48. The van der Waals surface area contributed by atoms with E-state index in [0.717, 1.165) is 16.9 Å². The topological polar surface area (TPSA) is 129 Å². The molecule has 0 saturated heterocycles. The number of hydrazone groups is 1. The summed E-state index contributed by atoms with van der Waals surface area (Å²) in [6.07, 6.45) is 1.64. The summed E-state index contributed by atoms with van der Waals surface area (Å²) in [6, 6.07) is 11.2. The lowest BCUT2D eigenvalue weighted by Gasteiger charge is -2.07. The van der Waals surface area contributed by atoms with Gasteiger partial charge >= 0.3 is 0 Å². The summed E-state index contributed by atoms with van der Waals surface area (Å²) in [7, 11) is 0. The number of benzene rings is 1. The number of aromatic nitrogens is 1. The molecular formula is C18H24N6O3. The fourth-order valence-corrected chi connectivity index (χ4v) is 2.04. The molecule has 0 aliphatic carbocycles. The van der Waals surface area contributed by atoms with Gasteiger partial charge in [-0.25, -0.2) is 10.8 Å². The Balaban J connectivity index is 1.86. The second-order valence-electron chi connectivity index (χ2n) is 5.42. The Labute approximate surface area is 158 Å². The number of amidine groups is 1. The molecule has 0 fully saturated rings. The number of ether oxygens (including phenoxy) is 2. The molecule has 2 aromatic rings. The Morgan fingerprint density at radius 2 is 1.93 bits per heavy atom. The van der Waals surface area contributed by atoms with Crippen LogP contribution in [0.15, 0.2) is 52.9 Å². The molecular weight excluding hydrogens is 348 g/mol. The average Bonchev–Trinajstić information content (AvgIpc) is 2.70. The molecule has 0 spiro atoms. The molecule has 1 aromatic carbocycles. The minimum Gasteiger partial charge on any atom is -0.494 e. The maximum absolute atomic E-state index is 5.41. The molecule has 1 heterocycles. The largest absolute Gasteiger partial charge is 0.494 e. The Bertz CT molecular complexity index is 760. The normalized spacial score (nSPS) is 11.8. The van der Waals surface area contributed by atoms with Crippen molar-refractivity contribution in [1.29, 1.82) is 0 Å². The van der Waals surface area contributed by atoms with E-state index in [2.05, 4.69) is 20.7 Å². The van der Waals surface area contributed by atoms with Gasteiger partial charge in [-0.3, -0.25) is 0 Å². The van der Waals surface area contributed by atoms with Crippen molar-refractivity contribution in [3.8, 4) is 11.6 Å². The van der Waals surface area contributed by atoms with E-state index in [1.54, 1.807) is 12.3 Å². The van der Waals surface area contributed by atoms with Crippen molar-refractivity contribution < 1.29 is 14.3 Å². The van der Waals surface area contributed by atoms with Crippen LogP contribution in [0.1, 0.15) is 25.0 Å². The van der Waals surface area contributed by atoms with Gasteiger partial charge < -0.3 is 25.6 Å². The summed E-state index contributed by atoms with van der Waals surface area (Å²) in [5.41, 5.74) is 4.85. The molecule has 0 amide bonds. The fourth-order valence-electron chi connectivity index (χ4n) is 2.04. The lowest BCUT2D eigenvalue weighted by Crippen LogP contribution is -2.35. The van der Waals surface area contributed by atoms with Crippen LogP contribution in [-0.4, -0.2) is 29.7 Å². The van der Waals surface area contributed by atoms with Gasteiger partial charge in [0.15, 0.2) is 12.4 Å². The van der Waals surface area contributed by atoms with Crippen LogP contribution < -0.4 is 26.6 Å². The molecule has 9 heteroatoms. The number of hydrazine groups is 1. The van der Waals surface area contributed by atoms with Crippen molar-refractivity contribution in [2.45, 2.75) is 20.5 Å². The van der Waals surface area contributed by atoms with Gasteiger partial charge in [-0.05, 0) is 37.6 Å². The highest BCUT2D eigenvalue weighted by Crippen LogP contribution is 2.13. The fraction of sp³-hybridized carbons (Fsp3) is 0.278. The number of oxime groups is 1. The van der Waals surface area contributed by atoms with E-state index in [1.165, 1.54) is 0 Å². The molecule has 0 atom stereocenters. The predicted molar refractivity (Wildman–Crippen MR) is 103 cm³/mol. The standard InChI is InChI=1S/C18H24N6O3/c1-3-25-16-7-4-14(5-8-16)11-27-24-13(2)15-6-9-18(21-10-15)26-12-17(22-19)23-20/h4-10H,3,11-12,19-20H2,1-2H3,(H,22,23)/b24-13+. The number of nitrogens with two attached hydrogens (primary N) is 2. The van der Waals surface area contributed by atoms with Crippen molar-refractivity contribution >= 4 is 11.5 Å². The van der Waals surface area contributed by atoms with E-state index >= 15 is 0 Å². The molecule has 1 aromatic heterocycles. The van der Waals surface area contributed by atoms with E-state index in [1.807, 2.05) is 44.2 Å². The zero-order valence-electron chi connectivity index (χ0n) is 15.4. The molecule has 0 unspecified atom stereocenters. The van der Waals surface area contributed by atoms with Crippen molar-refractivity contribution in [3.63, 3.8) is 0 Å². The van der Waals surface area contributed by atoms with Crippen LogP contribution in [0, 0.1) is 0 Å². The van der Waals surface area contributed by atoms with Crippen LogP contribution in [0.2, 0.25) is 0 Å². The van der Waals surface area contributed by atoms with E-state index < -0.39 is 0 Å². The van der Waals surface area contributed by atoms with Crippen LogP contribution >= 0.6 is 0 Å². The summed E-state index contributed by atoms with van der Waals surface area (Å²) in [6.45, 7) is 4.89. The molecule has 0 saturated carbocycles. The SMILES string of the molecule is CCOc1ccc(CO/N=C(\C)c2ccc(OC/C(=N/N)NN)nc2)cc1. The zero-order chi connectivity index (χ0) is 19.5. The number of hydrogen-bond acceptors (Lipinski definition) is 8. The third-order valence-corrected chi connectivity index (χ3v) is 3.50. The van der Waals surface area contributed by atoms with Gasteiger partial charge in [0.25, 0.3) is 0 Å². The van der Waals surface area contributed by atoms with E-state index in [-0.39, 0.29) is 6.61 Å². The van der Waals surface area contributed by atoms with Crippen molar-refractivity contribution in [3.05, 3.63) is 53.7 Å². The maximum atomic E-state index is 5.41. The van der Waals surface area contributed by atoms with Gasteiger partial charge in [0.05, 0.1) is 12.3 Å². The summed E-state index contributed by atoms with van der Waals surface area (Å²) < 4.78 is 10.8. The molecule has 144 valence electrons. The van der Waals surface area contributed by atoms with Gasteiger partial charge in [-0.15, -0.1) is 0 Å². The van der Waals surface area contributed by atoms with Crippen molar-refractivity contribution in [1.82, 2.24) is 10.4 Å². The number of nitrogens with one attached hydrogen (secondary N) is 1. The van der Waals surface area contributed by atoms with Gasteiger partial charge in [-0.1, -0.05) is 17.3 Å². The Hall–Kier alpha value is -3.33. The first kappa shape index (κ1) is 20.0. The van der Waals surface area contributed by atoms with Gasteiger partial charge in [0.2, 0.25) is 5.88 Å². The third-order valence-electron chi connectivity index (χ3n) is 3.50. The van der Waals surface area contributed by atoms with E-state index in [9.17, 15) is 0 Å². The molecule has 2 rings (SSSR count). The molecule has 0 aliphatic rings. The quantitative estimate of drug-likeness (QED) is 0.263. The lowest BCUT2D eigenvalue weighted by molar-refractivity contribution is 0.130. The molecule has 0 aliphatic heterocycles. The summed E-state index contributed by atoms with van der Waals surface area (Å²) in [5.74, 6) is 11.9. The predicted octanol–water partition coefficient (Wildman–Crippen LogP) is 1.54. The van der Waals surface area contributed by atoms with Crippen molar-refractivity contribution in [2.24, 2.45) is 21.9 Å². The summed E-state index contributed by atoms with van der Waals surface area (Å²) >= 11 is 0. The first-order chi connectivity index (χ1) is 13.2. The monoisotopic (exact) mass is 372 g/mol. The van der Waals surface area contributed by atoms with Crippen LogP contribution in [0.5, 0.6) is 11.6 Å². The first-order valence-corrected chi connectivity index (χ1v) is 8.37. The molecule has 27 heavy (non-hydrogen) atoms. The Kier molecular flexibility index (Phi) is 7.86. The number of hydrogen-bond donors (Lipinski definition) is 3. The van der Waals surface area contributed by atoms with Crippen molar-refractivity contribution in [2.75, 3.05) is 13.2 Å². The van der Waals surface area contributed by atoms with E-state index in [0.29, 0.717) is 30.6 Å². The Morgan fingerprint density at radius 3 is 2.52 bits per heavy atom. The highest BCUT2D eigenvalue weighted by atomic mass is 16.6. The molecule has 0 bridgehead atoms. The van der Waals surface area contributed by atoms with E-state index in [4.69, 9.17) is 26.0 Å². The number of nitrogens with zero attached hydrogens (tertiary/aromatic N) is 3. The minimum atomic E-state index is 0.0949. The zero-order valence-corrected chi connectivity index (χ0v) is 15.4. The minimum absolute atomic E-state index is 0.0949. The van der Waals surface area contributed by atoms with Gasteiger partial charge in [-0.2, -0.15) is 5.10 Å². The highest BCUT2D eigenvalue weighted by molar-refractivity contribution is 5.98. The molecule has 5 N–H and O–H groups in total. The number of pyridine rings is 1. The Morgan fingerprint density at radius 1 is 1.15 bits per heavy atom. The van der Waals surface area contributed by atoms with Crippen LogP contribution in [-0.2, 0) is 11.4 Å². The van der Waals surface area contributed by atoms with Gasteiger partial charge in [0, 0.05) is 17.8 Å². The smallest absolute Gasteiger partial charge is 0.213 e. The van der Waals surface area contributed by atoms with Crippen LogP contribution in [0.4, 0.5) is 0 Å². The van der Waals surface area contributed by atoms with Crippen LogP contribution in [0.3, 0.4) is 0 Å². The average molecular weight is 372 g/mol. The number of rotatable bonds is 9. The molecule has 9 nitrogen and oxygen atoms in total. The van der Waals surface area contributed by atoms with Gasteiger partial charge in [0.1, 0.15) is 12.4 Å². The summed E-state index contributed by atoms with van der Waals surface area (Å²) in [4.78, 5) is 9.61.